The second-order valence-corrected chi connectivity index (χ2v) is 10.2. The zero-order valence-electron chi connectivity index (χ0n) is 18.1. The summed E-state index contributed by atoms with van der Waals surface area (Å²) in [7, 11) is 0. The molecule has 0 bridgehead atoms. The summed E-state index contributed by atoms with van der Waals surface area (Å²) in [6, 6.07) is 38.9. The molecule has 5 aromatic rings. The summed E-state index contributed by atoms with van der Waals surface area (Å²) in [5, 5.41) is 2.54. The predicted octanol–water partition coefficient (Wildman–Crippen LogP) is 7.35. The van der Waals surface area contributed by atoms with Crippen LogP contribution in [0.3, 0.4) is 0 Å². The third-order valence-electron chi connectivity index (χ3n) is 5.89. The Morgan fingerprint density at radius 2 is 1.36 bits per heavy atom. The van der Waals surface area contributed by atoms with Gasteiger partial charge in [0.1, 0.15) is 4.70 Å². The second kappa shape index (κ2) is 8.89. The molecule has 0 radical (unpaired) electrons. The van der Waals surface area contributed by atoms with E-state index in [-0.39, 0.29) is 0 Å². The number of rotatable bonds is 5. The van der Waals surface area contributed by atoms with Gasteiger partial charge in [0.2, 0.25) is 5.52 Å². The summed E-state index contributed by atoms with van der Waals surface area (Å²) in [6.45, 7) is 1.72. The van der Waals surface area contributed by atoms with E-state index in [4.69, 9.17) is 0 Å². The Kier molecular flexibility index (Phi) is 5.46. The molecule has 160 valence electrons. The third-order valence-corrected chi connectivity index (χ3v) is 8.11. The van der Waals surface area contributed by atoms with Crippen molar-refractivity contribution in [2.24, 2.45) is 0 Å². The zero-order chi connectivity index (χ0) is 22.0. The first-order valence-electron chi connectivity index (χ1n) is 11.1. The Balaban J connectivity index is 1.45. The zero-order valence-corrected chi connectivity index (χ0v) is 19.7. The Morgan fingerprint density at radius 1 is 0.697 bits per heavy atom. The number of thioether (sulfide) groups is 1. The molecular formula is C29H23N2S2+. The average Bonchev–Trinajstić information content (AvgIpc) is 3.38. The van der Waals surface area contributed by atoms with Gasteiger partial charge in [-0.05, 0) is 23.8 Å². The highest BCUT2D eigenvalue weighted by Crippen LogP contribution is 2.47. The molecule has 0 amide bonds. The molecule has 1 aliphatic rings. The van der Waals surface area contributed by atoms with Crippen molar-refractivity contribution in [2.75, 3.05) is 4.90 Å². The van der Waals surface area contributed by atoms with Crippen LogP contribution in [0.1, 0.15) is 16.1 Å². The van der Waals surface area contributed by atoms with Crippen LogP contribution < -0.4 is 9.47 Å². The molecule has 0 N–H and O–H groups in total. The number of aromatic nitrogens is 1. The molecule has 2 heterocycles. The first-order chi connectivity index (χ1) is 16.3. The van der Waals surface area contributed by atoms with E-state index in [0.29, 0.717) is 0 Å². The molecule has 33 heavy (non-hydrogen) atoms. The molecule has 0 unspecified atom stereocenters. The van der Waals surface area contributed by atoms with E-state index < -0.39 is 0 Å². The average molecular weight is 464 g/mol. The maximum absolute atomic E-state index is 2.45. The van der Waals surface area contributed by atoms with Crippen LogP contribution in [0.25, 0.3) is 16.3 Å². The summed E-state index contributed by atoms with van der Waals surface area (Å²) in [5.74, 6) is 0. The molecule has 6 rings (SSSR count). The summed E-state index contributed by atoms with van der Waals surface area (Å²) in [5.41, 5.74) is 5.20. The first kappa shape index (κ1) is 20.3. The van der Waals surface area contributed by atoms with Crippen molar-refractivity contribution >= 4 is 45.1 Å². The third kappa shape index (κ3) is 4.08. The molecular weight excluding hydrogens is 440 g/mol. The van der Waals surface area contributed by atoms with Crippen LogP contribution in [0.5, 0.6) is 0 Å². The number of fused-ring (bicyclic) bond motifs is 2. The van der Waals surface area contributed by atoms with Gasteiger partial charge in [-0.25, -0.2) is 0 Å². The molecule has 0 spiro atoms. The quantitative estimate of drug-likeness (QED) is 0.252. The van der Waals surface area contributed by atoms with Crippen LogP contribution in [0.4, 0.5) is 5.69 Å². The van der Waals surface area contributed by atoms with Gasteiger partial charge < -0.3 is 4.90 Å². The Bertz CT molecular complexity index is 1440. The fourth-order valence-electron chi connectivity index (χ4n) is 4.28. The van der Waals surface area contributed by atoms with E-state index in [0.717, 1.165) is 13.1 Å². The maximum Gasteiger partial charge on any atom is 0.265 e. The highest BCUT2D eigenvalue weighted by atomic mass is 32.2. The number of hydrogen-bond acceptors (Lipinski definition) is 3. The fourth-order valence-corrected chi connectivity index (χ4v) is 6.56. The fraction of sp³-hybridized carbons (Fsp3) is 0.0690. The van der Waals surface area contributed by atoms with Crippen LogP contribution in [0.15, 0.2) is 119 Å². The standard InChI is InChI=1S/C29H23N2S2/c1-3-11-22(12-4-1)20-30-24-15-7-9-17-26(24)32-28(30)19-29-31(21-23-13-5-2-6-14-23)25-16-8-10-18-27(25)33-29/h1-19H,20-21H2/q+1. The van der Waals surface area contributed by atoms with Gasteiger partial charge in [-0.15, -0.1) is 0 Å². The number of thiazole rings is 1. The van der Waals surface area contributed by atoms with Crippen LogP contribution >= 0.6 is 23.1 Å². The van der Waals surface area contributed by atoms with E-state index in [9.17, 15) is 0 Å². The van der Waals surface area contributed by atoms with Gasteiger partial charge in [-0.2, -0.15) is 4.57 Å². The lowest BCUT2D eigenvalue weighted by Gasteiger charge is -2.20. The highest BCUT2D eigenvalue weighted by molar-refractivity contribution is 8.03. The Labute approximate surface area is 202 Å². The van der Waals surface area contributed by atoms with Crippen molar-refractivity contribution < 1.29 is 4.57 Å². The maximum atomic E-state index is 2.45. The van der Waals surface area contributed by atoms with Crippen LogP contribution in [-0.2, 0) is 13.1 Å². The van der Waals surface area contributed by atoms with Gasteiger partial charge >= 0.3 is 0 Å². The van der Waals surface area contributed by atoms with E-state index in [1.165, 1.54) is 42.0 Å². The van der Waals surface area contributed by atoms with E-state index in [1.54, 1.807) is 0 Å². The minimum Gasteiger partial charge on any atom is -0.330 e. The molecule has 0 aliphatic carbocycles. The summed E-state index contributed by atoms with van der Waals surface area (Å²) >= 11 is 3.73. The minimum absolute atomic E-state index is 0.861. The van der Waals surface area contributed by atoms with Gasteiger partial charge in [0.15, 0.2) is 6.54 Å². The van der Waals surface area contributed by atoms with E-state index in [1.807, 2.05) is 23.1 Å². The van der Waals surface area contributed by atoms with Gasteiger partial charge in [0, 0.05) is 23.1 Å². The topological polar surface area (TPSA) is 7.12 Å². The predicted molar refractivity (Wildman–Crippen MR) is 140 cm³/mol. The number of nitrogens with zero attached hydrogens (tertiary/aromatic N) is 2. The molecule has 4 aromatic carbocycles. The van der Waals surface area contributed by atoms with Crippen molar-refractivity contribution in [2.45, 2.75) is 18.0 Å². The molecule has 0 atom stereocenters. The molecule has 0 fully saturated rings. The summed E-state index contributed by atoms with van der Waals surface area (Å²) in [6.07, 6.45) is 2.38. The van der Waals surface area contributed by atoms with Gasteiger partial charge in [-0.3, -0.25) is 0 Å². The molecule has 0 saturated carbocycles. The monoisotopic (exact) mass is 463 g/mol. The minimum atomic E-state index is 0.861. The summed E-state index contributed by atoms with van der Waals surface area (Å²) in [4.78, 5) is 3.77. The van der Waals surface area contributed by atoms with Crippen LogP contribution in [0, 0.1) is 0 Å². The Hall–Kier alpha value is -3.34. The van der Waals surface area contributed by atoms with Crippen molar-refractivity contribution in [1.82, 2.24) is 0 Å². The normalized spacial score (nSPS) is 14.2. The lowest BCUT2D eigenvalue weighted by Crippen LogP contribution is -2.35. The highest BCUT2D eigenvalue weighted by Gasteiger charge is 2.28. The second-order valence-electron chi connectivity index (χ2n) is 8.10. The van der Waals surface area contributed by atoms with Gasteiger partial charge in [0.05, 0.1) is 16.8 Å². The van der Waals surface area contributed by atoms with E-state index in [2.05, 4.69) is 125 Å². The van der Waals surface area contributed by atoms with Gasteiger partial charge in [-0.1, -0.05) is 108 Å². The molecule has 1 aliphatic heterocycles. The molecule has 4 heteroatoms. The lowest BCUT2D eigenvalue weighted by molar-refractivity contribution is -0.659. The largest absolute Gasteiger partial charge is 0.330 e. The number of anilines is 1. The van der Waals surface area contributed by atoms with Crippen molar-refractivity contribution in [3.05, 3.63) is 130 Å². The lowest BCUT2D eigenvalue weighted by atomic mass is 10.2. The van der Waals surface area contributed by atoms with Crippen LogP contribution in [-0.4, -0.2) is 0 Å². The summed E-state index contributed by atoms with van der Waals surface area (Å²) < 4.78 is 3.77. The first-order valence-corrected chi connectivity index (χ1v) is 12.7. The SMILES string of the molecule is C(=C1Sc2ccccc2N1Cc1ccccc1)c1sc2ccccc2[n+]1Cc1ccccc1. The van der Waals surface area contributed by atoms with Crippen molar-refractivity contribution in [3.8, 4) is 0 Å². The molecule has 2 nitrogen and oxygen atoms in total. The van der Waals surface area contributed by atoms with Gasteiger partial charge in [0.25, 0.3) is 5.01 Å². The number of hydrogen-bond donors (Lipinski definition) is 0. The molecule has 1 aromatic heterocycles. The van der Waals surface area contributed by atoms with Crippen LogP contribution in [0.2, 0.25) is 0 Å². The number of benzene rings is 4. The van der Waals surface area contributed by atoms with E-state index >= 15 is 0 Å². The number of para-hydroxylation sites is 2. The van der Waals surface area contributed by atoms with Crippen molar-refractivity contribution in [1.29, 1.82) is 0 Å². The molecule has 0 saturated heterocycles. The Morgan fingerprint density at radius 3 is 2.18 bits per heavy atom. The smallest absolute Gasteiger partial charge is 0.265 e. The van der Waals surface area contributed by atoms with Crippen molar-refractivity contribution in [3.63, 3.8) is 0 Å².